The Morgan fingerprint density at radius 2 is 1.94 bits per heavy atom. The molecule has 0 spiro atoms. The van der Waals surface area contributed by atoms with Crippen molar-refractivity contribution >= 4 is 38.9 Å². The molecule has 0 heterocycles. The summed E-state index contributed by atoms with van der Waals surface area (Å²) in [5.74, 6) is -0.384. The van der Waals surface area contributed by atoms with E-state index in [1.165, 1.54) is 57.2 Å². The van der Waals surface area contributed by atoms with Crippen LogP contribution in [0.4, 0.5) is 11.4 Å². The van der Waals surface area contributed by atoms with Crippen LogP contribution in [0.3, 0.4) is 0 Å². The third kappa shape index (κ3) is 6.86. The third-order valence-corrected chi connectivity index (χ3v) is 7.95. The van der Waals surface area contributed by atoms with Gasteiger partial charge in [0.15, 0.2) is 0 Å². The Morgan fingerprint density at radius 1 is 1.22 bits per heavy atom. The number of aryl methyl sites for hydroxylation is 1. The highest BCUT2D eigenvalue weighted by Gasteiger charge is 2.31. The molecule has 2 aromatic rings. The van der Waals surface area contributed by atoms with Crippen LogP contribution in [0.25, 0.3) is 0 Å². The number of anilines is 1. The number of halogens is 1. The number of amides is 1. The predicted octanol–water partition coefficient (Wildman–Crippen LogP) is 4.23. The van der Waals surface area contributed by atoms with E-state index in [1.54, 1.807) is 0 Å². The smallest absolute Gasteiger partial charge is 0.273 e. The van der Waals surface area contributed by atoms with Gasteiger partial charge in [-0.25, -0.2) is 8.42 Å². The summed E-state index contributed by atoms with van der Waals surface area (Å²) in [5.41, 5.74) is -0.00264. The maximum atomic E-state index is 13.7. The second-order valence-electron chi connectivity index (χ2n) is 8.51. The fourth-order valence-corrected chi connectivity index (χ4v) is 5.63. The van der Waals surface area contributed by atoms with Gasteiger partial charge < -0.3 is 14.8 Å². The fourth-order valence-electron chi connectivity index (χ4n) is 4.02. The molecule has 0 saturated heterocycles. The molecule has 0 radical (unpaired) electrons. The molecule has 12 heteroatoms. The molecule has 36 heavy (non-hydrogen) atoms. The molecule has 1 N–H and O–H groups in total. The summed E-state index contributed by atoms with van der Waals surface area (Å²) >= 11 is 6.13. The van der Waals surface area contributed by atoms with E-state index >= 15 is 0 Å². The summed E-state index contributed by atoms with van der Waals surface area (Å²) in [7, 11) is -3.05. The van der Waals surface area contributed by atoms with Gasteiger partial charge in [-0.15, -0.1) is 0 Å². The van der Waals surface area contributed by atoms with E-state index in [0.29, 0.717) is 25.1 Å². The molecule has 1 aliphatic carbocycles. The summed E-state index contributed by atoms with van der Waals surface area (Å²) in [6.45, 7) is 1.74. The minimum absolute atomic E-state index is 0.0351. The van der Waals surface area contributed by atoms with Gasteiger partial charge in [-0.1, -0.05) is 30.5 Å². The summed E-state index contributed by atoms with van der Waals surface area (Å²) < 4.78 is 39.3. The second kappa shape index (κ2) is 12.4. The molecule has 1 amide bonds. The van der Waals surface area contributed by atoms with Crippen molar-refractivity contribution in [3.05, 3.63) is 57.1 Å². The lowest BCUT2D eigenvalue weighted by molar-refractivity contribution is -0.385. The molecule has 2 aromatic carbocycles. The number of rotatable bonds is 12. The Labute approximate surface area is 215 Å². The quantitative estimate of drug-likeness (QED) is 0.243. The molecule has 1 fully saturated rings. The van der Waals surface area contributed by atoms with Crippen molar-refractivity contribution in [1.29, 1.82) is 0 Å². The van der Waals surface area contributed by atoms with E-state index in [-0.39, 0.29) is 33.1 Å². The largest absolute Gasteiger partial charge is 0.495 e. The van der Waals surface area contributed by atoms with E-state index in [2.05, 4.69) is 5.32 Å². The lowest BCUT2D eigenvalue weighted by Crippen LogP contribution is -2.41. The minimum atomic E-state index is -4.41. The Morgan fingerprint density at radius 3 is 2.61 bits per heavy atom. The number of carbonyl (C=O) groups is 1. The maximum Gasteiger partial charge on any atom is 0.273 e. The van der Waals surface area contributed by atoms with Crippen molar-refractivity contribution in [3.8, 4) is 5.75 Å². The average molecular weight is 540 g/mol. The zero-order valence-corrected chi connectivity index (χ0v) is 21.8. The highest BCUT2D eigenvalue weighted by Crippen LogP contribution is 2.35. The Balaban J connectivity index is 1.82. The number of sulfonamides is 1. The van der Waals surface area contributed by atoms with Crippen LogP contribution in [0.5, 0.6) is 5.75 Å². The van der Waals surface area contributed by atoms with Crippen molar-refractivity contribution < 1.29 is 27.6 Å². The average Bonchev–Trinajstić information content (AvgIpc) is 3.35. The van der Waals surface area contributed by atoms with Crippen LogP contribution >= 0.6 is 11.6 Å². The van der Waals surface area contributed by atoms with Crippen LogP contribution in [0.2, 0.25) is 5.02 Å². The van der Waals surface area contributed by atoms with Crippen molar-refractivity contribution in [1.82, 2.24) is 5.32 Å². The van der Waals surface area contributed by atoms with Crippen molar-refractivity contribution in [2.75, 3.05) is 31.1 Å². The van der Waals surface area contributed by atoms with Gasteiger partial charge in [0.2, 0.25) is 5.91 Å². The molecule has 3 rings (SSSR count). The van der Waals surface area contributed by atoms with Gasteiger partial charge in [0.1, 0.15) is 12.3 Å². The van der Waals surface area contributed by atoms with Crippen molar-refractivity contribution in [2.45, 2.75) is 50.0 Å². The number of nitro groups is 1. The number of nitro benzene ring substituents is 1. The summed E-state index contributed by atoms with van der Waals surface area (Å²) in [6.07, 6.45) is 5.30. The number of nitrogens with one attached hydrogen (secondary N) is 1. The highest BCUT2D eigenvalue weighted by molar-refractivity contribution is 7.92. The standard InChI is InChI=1S/C24H30ClN3O7S/c1-17-8-10-20(15-21(17)28(30)31)36(32,33)27(22-14-18(25)9-11-23(22)34-2)16-24(29)26-12-5-13-35-19-6-3-4-7-19/h8-11,14-15,19H,3-7,12-13,16H2,1-2H3,(H,26,29). The van der Waals surface area contributed by atoms with Crippen LogP contribution < -0.4 is 14.4 Å². The van der Waals surface area contributed by atoms with Gasteiger partial charge in [-0.05, 0) is 50.5 Å². The lowest BCUT2D eigenvalue weighted by atomic mass is 10.2. The summed E-state index contributed by atoms with van der Waals surface area (Å²) in [6, 6.07) is 7.96. The van der Waals surface area contributed by atoms with E-state index in [4.69, 9.17) is 21.1 Å². The molecule has 0 atom stereocenters. The van der Waals surface area contributed by atoms with Crippen LogP contribution in [-0.2, 0) is 19.6 Å². The second-order valence-corrected chi connectivity index (χ2v) is 10.8. The van der Waals surface area contributed by atoms with Crippen LogP contribution in [0, 0.1) is 17.0 Å². The Bertz CT molecular complexity index is 1200. The van der Waals surface area contributed by atoms with Crippen molar-refractivity contribution in [3.63, 3.8) is 0 Å². The molecule has 196 valence electrons. The fraction of sp³-hybridized carbons (Fsp3) is 0.458. The molecule has 10 nitrogen and oxygen atoms in total. The number of hydrogen-bond donors (Lipinski definition) is 1. The van der Waals surface area contributed by atoms with Gasteiger partial charge in [-0.3, -0.25) is 19.2 Å². The summed E-state index contributed by atoms with van der Waals surface area (Å²) in [4.78, 5) is 23.2. The number of ether oxygens (including phenoxy) is 2. The predicted molar refractivity (Wildman–Crippen MR) is 136 cm³/mol. The monoisotopic (exact) mass is 539 g/mol. The molecule has 0 aromatic heterocycles. The number of nitrogens with zero attached hydrogens (tertiary/aromatic N) is 2. The number of hydrogen-bond acceptors (Lipinski definition) is 7. The van der Waals surface area contributed by atoms with Crippen LogP contribution in [-0.4, -0.2) is 52.2 Å². The van der Waals surface area contributed by atoms with Gasteiger partial charge in [0, 0.05) is 29.8 Å². The third-order valence-electron chi connectivity index (χ3n) is 5.96. The van der Waals surface area contributed by atoms with E-state index in [9.17, 15) is 23.3 Å². The first kappa shape index (κ1) is 27.7. The van der Waals surface area contributed by atoms with Gasteiger partial charge >= 0.3 is 0 Å². The van der Waals surface area contributed by atoms with Gasteiger partial charge in [0.25, 0.3) is 15.7 Å². The SMILES string of the molecule is COc1ccc(Cl)cc1N(CC(=O)NCCCOC1CCCC1)S(=O)(=O)c1ccc(C)c([N+](=O)[O-])c1. The Hall–Kier alpha value is -2.89. The van der Waals surface area contributed by atoms with E-state index in [1.807, 2.05) is 0 Å². The van der Waals surface area contributed by atoms with Crippen LogP contribution in [0.15, 0.2) is 41.3 Å². The molecule has 1 saturated carbocycles. The number of carbonyl (C=O) groups excluding carboxylic acids is 1. The summed E-state index contributed by atoms with van der Waals surface area (Å²) in [5, 5.41) is 14.3. The maximum absolute atomic E-state index is 13.7. The molecule has 0 bridgehead atoms. The molecular formula is C24H30ClN3O7S. The first-order chi connectivity index (χ1) is 17.1. The first-order valence-corrected chi connectivity index (χ1v) is 13.4. The van der Waals surface area contributed by atoms with Crippen LogP contribution in [0.1, 0.15) is 37.7 Å². The number of methoxy groups -OCH3 is 1. The normalized spacial score (nSPS) is 14.0. The highest BCUT2D eigenvalue weighted by atomic mass is 35.5. The van der Waals surface area contributed by atoms with E-state index in [0.717, 1.165) is 23.2 Å². The zero-order valence-electron chi connectivity index (χ0n) is 20.2. The molecule has 0 unspecified atom stereocenters. The Kier molecular flexibility index (Phi) is 9.52. The molecule has 1 aliphatic rings. The van der Waals surface area contributed by atoms with E-state index < -0.39 is 27.4 Å². The minimum Gasteiger partial charge on any atom is -0.495 e. The number of benzene rings is 2. The molecular weight excluding hydrogens is 510 g/mol. The van der Waals surface area contributed by atoms with Gasteiger partial charge in [0.05, 0.1) is 28.7 Å². The molecule has 0 aliphatic heterocycles. The topological polar surface area (TPSA) is 128 Å². The zero-order chi connectivity index (χ0) is 26.3. The van der Waals surface area contributed by atoms with Crippen molar-refractivity contribution in [2.24, 2.45) is 0 Å². The first-order valence-electron chi connectivity index (χ1n) is 11.6. The van der Waals surface area contributed by atoms with Gasteiger partial charge in [-0.2, -0.15) is 0 Å². The lowest BCUT2D eigenvalue weighted by Gasteiger charge is -2.26.